The van der Waals surface area contributed by atoms with Crippen LogP contribution in [0.5, 0.6) is 0 Å². The van der Waals surface area contributed by atoms with Gasteiger partial charge in [-0.05, 0) is 32.2 Å². The van der Waals surface area contributed by atoms with Crippen LogP contribution in [0.4, 0.5) is 0 Å². The lowest BCUT2D eigenvalue weighted by atomic mass is 10.4. The summed E-state index contributed by atoms with van der Waals surface area (Å²) in [7, 11) is -1.69. The minimum atomic E-state index is -3.48. The first kappa shape index (κ1) is 26.1. The number of hydrogen-bond donors (Lipinski definition) is 2. The Morgan fingerprint density at radius 1 is 1.26 bits per heavy atom. The average molecular weight is 531 g/mol. The van der Waals surface area contributed by atoms with Crippen LogP contribution in [-0.4, -0.2) is 76.4 Å². The molecule has 0 saturated heterocycles. The molecule has 0 aliphatic rings. The van der Waals surface area contributed by atoms with Crippen LogP contribution < -0.4 is 10.0 Å². The molecule has 1 aromatic heterocycles. The van der Waals surface area contributed by atoms with Crippen molar-refractivity contribution in [2.24, 2.45) is 4.99 Å². The third-order valence-electron chi connectivity index (χ3n) is 3.61. The zero-order valence-electron chi connectivity index (χ0n) is 16.3. The van der Waals surface area contributed by atoms with Crippen LogP contribution in [0.15, 0.2) is 26.7 Å². The Balaban J connectivity index is 0.00000676. The van der Waals surface area contributed by atoms with E-state index in [1.165, 1.54) is 11.3 Å². The van der Waals surface area contributed by atoms with E-state index in [2.05, 4.69) is 15.0 Å². The highest BCUT2D eigenvalue weighted by atomic mass is 127. The molecule has 0 aliphatic carbocycles. The third-order valence-corrected chi connectivity index (χ3v) is 6.47. The maximum absolute atomic E-state index is 12.2. The van der Waals surface area contributed by atoms with E-state index in [4.69, 9.17) is 0 Å². The molecule has 2 N–H and O–H groups in total. The van der Waals surface area contributed by atoms with Crippen molar-refractivity contribution >= 4 is 57.2 Å². The lowest BCUT2D eigenvalue weighted by molar-refractivity contribution is -0.131. The van der Waals surface area contributed by atoms with Crippen LogP contribution in [0.25, 0.3) is 0 Å². The Morgan fingerprint density at radius 2 is 1.93 bits per heavy atom. The molecule has 0 unspecified atom stereocenters. The monoisotopic (exact) mass is 531 g/mol. The van der Waals surface area contributed by atoms with Crippen molar-refractivity contribution in [2.45, 2.75) is 25.0 Å². The van der Waals surface area contributed by atoms with Gasteiger partial charge in [0.25, 0.3) is 0 Å². The summed E-state index contributed by atoms with van der Waals surface area (Å²) in [6, 6.07) is 3.26. The van der Waals surface area contributed by atoms with Crippen LogP contribution in [0, 0.1) is 0 Å². The Bertz CT molecular complexity index is 676. The summed E-state index contributed by atoms with van der Waals surface area (Å²) in [6.45, 7) is 8.50. The van der Waals surface area contributed by atoms with Gasteiger partial charge in [0.05, 0.1) is 13.1 Å². The molecule has 11 heteroatoms. The lowest BCUT2D eigenvalue weighted by Gasteiger charge is -2.25. The molecule has 0 fully saturated rings. The van der Waals surface area contributed by atoms with Gasteiger partial charge in [0.2, 0.25) is 15.9 Å². The standard InChI is InChI=1S/C16H29N5O3S2.HI/c1-5-17-16(20(4)13-14(22)21(6-2)7-3)18-10-11-19-26(23,24)15-9-8-12-25-15;/h8-9,12,19H,5-7,10-11,13H2,1-4H3,(H,17,18);1H. The Hall–Kier alpha value is -0.920. The van der Waals surface area contributed by atoms with Crippen LogP contribution in [0.3, 0.4) is 0 Å². The maximum atomic E-state index is 12.2. The van der Waals surface area contributed by atoms with E-state index >= 15 is 0 Å². The molecule has 0 spiro atoms. The molecule has 0 bridgehead atoms. The number of nitrogens with zero attached hydrogens (tertiary/aromatic N) is 3. The second-order valence-electron chi connectivity index (χ2n) is 5.49. The molecule has 0 radical (unpaired) electrons. The van der Waals surface area contributed by atoms with Crippen molar-refractivity contribution in [1.29, 1.82) is 0 Å². The molecule has 27 heavy (non-hydrogen) atoms. The number of aliphatic imine (C=N–C) groups is 1. The quantitative estimate of drug-likeness (QED) is 0.206. The predicted octanol–water partition coefficient (Wildman–Crippen LogP) is 1.41. The number of halogens is 1. The van der Waals surface area contributed by atoms with E-state index in [0.717, 1.165) is 0 Å². The molecular formula is C16H30IN5O3S2. The normalized spacial score (nSPS) is 11.6. The minimum absolute atomic E-state index is 0. The number of likely N-dealkylation sites (N-methyl/N-ethyl adjacent to an activating group) is 2. The molecular weight excluding hydrogens is 501 g/mol. The number of thiophene rings is 1. The summed E-state index contributed by atoms with van der Waals surface area (Å²) >= 11 is 1.17. The highest BCUT2D eigenvalue weighted by molar-refractivity contribution is 14.0. The van der Waals surface area contributed by atoms with Crippen molar-refractivity contribution < 1.29 is 13.2 Å². The van der Waals surface area contributed by atoms with E-state index < -0.39 is 10.0 Å². The molecule has 0 saturated carbocycles. The molecule has 0 aliphatic heterocycles. The highest BCUT2D eigenvalue weighted by Crippen LogP contribution is 2.14. The van der Waals surface area contributed by atoms with Crippen molar-refractivity contribution in [3.63, 3.8) is 0 Å². The highest BCUT2D eigenvalue weighted by Gasteiger charge is 2.16. The number of sulfonamides is 1. The van der Waals surface area contributed by atoms with Gasteiger partial charge >= 0.3 is 0 Å². The number of nitrogens with one attached hydrogen (secondary N) is 2. The molecule has 156 valence electrons. The van der Waals surface area contributed by atoms with Crippen LogP contribution in [-0.2, 0) is 14.8 Å². The number of guanidine groups is 1. The van der Waals surface area contributed by atoms with Gasteiger partial charge < -0.3 is 15.1 Å². The van der Waals surface area contributed by atoms with Gasteiger partial charge in [-0.25, -0.2) is 13.1 Å². The SMILES string of the molecule is CCNC(=NCCNS(=O)(=O)c1cccs1)N(C)CC(=O)N(CC)CC.I. The van der Waals surface area contributed by atoms with E-state index in [0.29, 0.717) is 25.6 Å². The molecule has 8 nitrogen and oxygen atoms in total. The van der Waals surface area contributed by atoms with Gasteiger partial charge in [-0.3, -0.25) is 9.79 Å². The number of amides is 1. The second kappa shape index (κ2) is 13.3. The van der Waals surface area contributed by atoms with Gasteiger partial charge in [0.15, 0.2) is 5.96 Å². The molecule has 0 atom stereocenters. The Morgan fingerprint density at radius 3 is 2.44 bits per heavy atom. The molecule has 0 aromatic carbocycles. The minimum Gasteiger partial charge on any atom is -0.357 e. The summed E-state index contributed by atoms with van der Waals surface area (Å²) in [5, 5.41) is 4.84. The van der Waals surface area contributed by atoms with Gasteiger partial charge in [0, 0.05) is 33.2 Å². The fourth-order valence-electron chi connectivity index (χ4n) is 2.25. The number of hydrogen-bond acceptors (Lipinski definition) is 5. The van der Waals surface area contributed by atoms with E-state index in [1.54, 1.807) is 34.4 Å². The van der Waals surface area contributed by atoms with E-state index in [9.17, 15) is 13.2 Å². The van der Waals surface area contributed by atoms with Crippen molar-refractivity contribution in [2.75, 3.05) is 46.3 Å². The summed E-state index contributed by atoms with van der Waals surface area (Å²) in [5.41, 5.74) is 0. The van der Waals surface area contributed by atoms with Gasteiger partial charge in [0.1, 0.15) is 4.21 Å². The molecule has 1 rings (SSSR count). The van der Waals surface area contributed by atoms with Gasteiger partial charge in [-0.2, -0.15) is 0 Å². The average Bonchev–Trinajstić information content (AvgIpc) is 3.14. The first-order chi connectivity index (χ1) is 12.4. The smallest absolute Gasteiger partial charge is 0.250 e. The number of carbonyl (C=O) groups is 1. The predicted molar refractivity (Wildman–Crippen MR) is 121 cm³/mol. The number of rotatable bonds is 10. The topological polar surface area (TPSA) is 94.1 Å². The molecule has 1 amide bonds. The van der Waals surface area contributed by atoms with Gasteiger partial charge in [-0.15, -0.1) is 35.3 Å². The van der Waals surface area contributed by atoms with Crippen molar-refractivity contribution in [3.05, 3.63) is 17.5 Å². The van der Waals surface area contributed by atoms with E-state index in [-0.39, 0.29) is 53.7 Å². The summed E-state index contributed by atoms with van der Waals surface area (Å²) in [4.78, 5) is 20.1. The fourth-order valence-corrected chi connectivity index (χ4v) is 4.31. The van der Waals surface area contributed by atoms with Crippen LogP contribution in [0.1, 0.15) is 20.8 Å². The first-order valence-electron chi connectivity index (χ1n) is 8.66. The van der Waals surface area contributed by atoms with Crippen LogP contribution in [0.2, 0.25) is 0 Å². The summed E-state index contributed by atoms with van der Waals surface area (Å²) in [5.74, 6) is 0.602. The second-order valence-corrected chi connectivity index (χ2v) is 8.43. The molecule has 1 aromatic rings. The summed E-state index contributed by atoms with van der Waals surface area (Å²) in [6.07, 6.45) is 0. The van der Waals surface area contributed by atoms with Gasteiger partial charge in [-0.1, -0.05) is 6.07 Å². The molecule has 1 heterocycles. The lowest BCUT2D eigenvalue weighted by Crippen LogP contribution is -2.46. The Kier molecular flexibility index (Phi) is 12.8. The largest absolute Gasteiger partial charge is 0.357 e. The third kappa shape index (κ3) is 8.75. The number of carbonyl (C=O) groups excluding carboxylic acids is 1. The van der Waals surface area contributed by atoms with Crippen LogP contribution >= 0.6 is 35.3 Å². The maximum Gasteiger partial charge on any atom is 0.250 e. The summed E-state index contributed by atoms with van der Waals surface area (Å²) < 4.78 is 26.9. The van der Waals surface area contributed by atoms with E-state index in [1.807, 2.05) is 20.8 Å². The zero-order chi connectivity index (χ0) is 19.6. The first-order valence-corrected chi connectivity index (χ1v) is 11.0. The Labute approximate surface area is 183 Å². The van der Waals surface area contributed by atoms with Crippen molar-refractivity contribution in [3.8, 4) is 0 Å². The zero-order valence-corrected chi connectivity index (χ0v) is 20.2. The fraction of sp³-hybridized carbons (Fsp3) is 0.625. The van der Waals surface area contributed by atoms with Crippen molar-refractivity contribution in [1.82, 2.24) is 19.8 Å².